The minimum atomic E-state index is -0.854. The third-order valence-electron chi connectivity index (χ3n) is 5.40. The summed E-state index contributed by atoms with van der Waals surface area (Å²) in [7, 11) is 3.06. The van der Waals surface area contributed by atoms with E-state index >= 15 is 0 Å². The summed E-state index contributed by atoms with van der Waals surface area (Å²) in [5.41, 5.74) is 0.376. The van der Waals surface area contributed by atoms with Gasteiger partial charge in [-0.05, 0) is 68.8 Å². The zero-order valence-corrected chi connectivity index (χ0v) is 22.0. The Kier molecular flexibility index (Phi) is 8.80. The number of tetrazole rings is 1. The van der Waals surface area contributed by atoms with E-state index in [0.717, 1.165) is 4.80 Å². The molecule has 1 atom stereocenters. The second kappa shape index (κ2) is 11.8. The molecule has 0 aliphatic heterocycles. The number of carbonyl (C=O) groups is 2. The molecule has 0 aliphatic rings. The summed E-state index contributed by atoms with van der Waals surface area (Å²) in [6.45, 7) is 7.19. The molecule has 1 N–H and O–H groups in total. The summed E-state index contributed by atoms with van der Waals surface area (Å²) in [4.78, 5) is 29.3. The number of ether oxygens (including phenoxy) is 2. The van der Waals surface area contributed by atoms with Crippen molar-refractivity contribution in [2.75, 3.05) is 19.1 Å². The smallest absolute Gasteiger partial charge is 0.251 e. The van der Waals surface area contributed by atoms with E-state index in [9.17, 15) is 14.0 Å². The first kappa shape index (κ1) is 27.6. The van der Waals surface area contributed by atoms with Crippen LogP contribution in [-0.4, -0.2) is 57.8 Å². The number of nitrogens with one attached hydrogen (secondary N) is 1. The molecule has 2 amide bonds. The van der Waals surface area contributed by atoms with Gasteiger partial charge in [-0.25, -0.2) is 4.39 Å². The summed E-state index contributed by atoms with van der Waals surface area (Å²) in [5.74, 6) is -0.000957. The molecule has 3 aromatic rings. The topological polar surface area (TPSA) is 111 Å². The van der Waals surface area contributed by atoms with Crippen molar-refractivity contribution >= 4 is 17.5 Å². The molecular formula is C26H33FN6O4. The lowest BCUT2D eigenvalue weighted by atomic mass is 10.0. The number of methoxy groups -OCH3 is 2. The summed E-state index contributed by atoms with van der Waals surface area (Å²) < 4.78 is 24.7. The van der Waals surface area contributed by atoms with Gasteiger partial charge in [0.05, 0.1) is 14.2 Å². The summed E-state index contributed by atoms with van der Waals surface area (Å²) in [6.07, 6.45) is 1.01. The first-order chi connectivity index (χ1) is 17.6. The fourth-order valence-electron chi connectivity index (χ4n) is 3.83. The van der Waals surface area contributed by atoms with E-state index in [1.807, 2.05) is 27.7 Å². The highest BCUT2D eigenvalue weighted by atomic mass is 19.1. The van der Waals surface area contributed by atoms with Gasteiger partial charge >= 0.3 is 0 Å². The fraction of sp³-hybridized carbons (Fsp3) is 0.423. The van der Waals surface area contributed by atoms with Crippen molar-refractivity contribution < 1.29 is 23.5 Å². The van der Waals surface area contributed by atoms with Crippen LogP contribution in [0.15, 0.2) is 42.5 Å². The molecule has 0 radical (unpaired) electrons. The van der Waals surface area contributed by atoms with Crippen molar-refractivity contribution in [2.45, 2.75) is 58.7 Å². The van der Waals surface area contributed by atoms with Gasteiger partial charge in [0.2, 0.25) is 11.7 Å². The molecular weight excluding hydrogens is 479 g/mol. The highest BCUT2D eigenvalue weighted by molar-refractivity contribution is 6.00. The lowest BCUT2D eigenvalue weighted by molar-refractivity contribution is -0.128. The number of hydrogen-bond acceptors (Lipinski definition) is 7. The van der Waals surface area contributed by atoms with Crippen LogP contribution in [0.4, 0.5) is 10.1 Å². The van der Waals surface area contributed by atoms with Gasteiger partial charge in [0.15, 0.2) is 11.5 Å². The highest BCUT2D eigenvalue weighted by Gasteiger charge is 2.33. The molecule has 37 heavy (non-hydrogen) atoms. The van der Waals surface area contributed by atoms with Crippen molar-refractivity contribution in [3.8, 4) is 22.9 Å². The summed E-state index contributed by atoms with van der Waals surface area (Å²) in [6, 6.07) is 9.92. The van der Waals surface area contributed by atoms with Crippen molar-refractivity contribution in [2.24, 2.45) is 0 Å². The Hall–Kier alpha value is -4.02. The molecule has 198 valence electrons. The van der Waals surface area contributed by atoms with Crippen molar-refractivity contribution in [1.82, 2.24) is 25.5 Å². The number of halogens is 1. The van der Waals surface area contributed by atoms with E-state index in [2.05, 4.69) is 20.7 Å². The Morgan fingerprint density at radius 2 is 1.84 bits per heavy atom. The number of carbonyl (C=O) groups excluding carboxylic acids is 2. The van der Waals surface area contributed by atoms with Crippen LogP contribution in [0.1, 0.15) is 40.5 Å². The quantitative estimate of drug-likeness (QED) is 0.442. The van der Waals surface area contributed by atoms with Crippen LogP contribution in [0.5, 0.6) is 11.5 Å². The molecule has 1 unspecified atom stereocenters. The Balaban J connectivity index is 1.92. The lowest BCUT2D eigenvalue weighted by Gasteiger charge is -2.33. The normalized spacial score (nSPS) is 12.1. The van der Waals surface area contributed by atoms with Gasteiger partial charge in [0, 0.05) is 16.8 Å². The van der Waals surface area contributed by atoms with E-state index in [0.29, 0.717) is 29.9 Å². The molecule has 0 fully saturated rings. The van der Waals surface area contributed by atoms with Crippen LogP contribution in [-0.2, 0) is 16.1 Å². The molecule has 3 rings (SSSR count). The summed E-state index contributed by atoms with van der Waals surface area (Å²) in [5, 5.41) is 15.3. The first-order valence-corrected chi connectivity index (χ1v) is 12.0. The summed E-state index contributed by atoms with van der Waals surface area (Å²) >= 11 is 0. The van der Waals surface area contributed by atoms with Crippen LogP contribution >= 0.6 is 0 Å². The van der Waals surface area contributed by atoms with E-state index in [1.165, 1.54) is 37.3 Å². The van der Waals surface area contributed by atoms with Crippen LogP contribution in [0, 0.1) is 5.82 Å². The van der Waals surface area contributed by atoms with Crippen LogP contribution in [0.3, 0.4) is 0 Å². The van der Waals surface area contributed by atoms with Gasteiger partial charge in [0.25, 0.3) is 5.91 Å². The molecule has 0 spiro atoms. The number of anilines is 1. The largest absolute Gasteiger partial charge is 0.493 e. The third-order valence-corrected chi connectivity index (χ3v) is 5.40. The fourth-order valence-corrected chi connectivity index (χ4v) is 3.83. The van der Waals surface area contributed by atoms with Gasteiger partial charge in [-0.1, -0.05) is 19.4 Å². The molecule has 0 aliphatic carbocycles. The number of aromatic nitrogens is 4. The number of amides is 2. The van der Waals surface area contributed by atoms with Crippen molar-refractivity contribution in [3.63, 3.8) is 0 Å². The van der Waals surface area contributed by atoms with Crippen LogP contribution < -0.4 is 19.7 Å². The van der Waals surface area contributed by atoms with E-state index in [4.69, 9.17) is 9.47 Å². The maximum Gasteiger partial charge on any atom is 0.251 e. The van der Waals surface area contributed by atoms with Crippen LogP contribution in [0.25, 0.3) is 11.4 Å². The molecule has 10 nitrogen and oxygen atoms in total. The zero-order chi connectivity index (χ0) is 27.2. The Morgan fingerprint density at radius 3 is 2.46 bits per heavy atom. The van der Waals surface area contributed by atoms with E-state index in [1.54, 1.807) is 24.3 Å². The molecule has 2 aromatic carbocycles. The minimum absolute atomic E-state index is 0.271. The zero-order valence-electron chi connectivity index (χ0n) is 22.0. The van der Waals surface area contributed by atoms with Gasteiger partial charge in [0.1, 0.15) is 18.4 Å². The number of rotatable bonds is 10. The predicted molar refractivity (Wildman–Crippen MR) is 137 cm³/mol. The average molecular weight is 513 g/mol. The number of hydrogen-bond donors (Lipinski definition) is 1. The first-order valence-electron chi connectivity index (χ1n) is 12.0. The molecule has 0 bridgehead atoms. The third kappa shape index (κ3) is 7.02. The molecule has 0 saturated carbocycles. The second-order valence-electron chi connectivity index (χ2n) is 9.50. The van der Waals surface area contributed by atoms with E-state index in [-0.39, 0.29) is 24.0 Å². The van der Waals surface area contributed by atoms with Gasteiger partial charge in [-0.15, -0.1) is 10.2 Å². The van der Waals surface area contributed by atoms with Crippen molar-refractivity contribution in [3.05, 3.63) is 48.3 Å². The Bertz CT molecular complexity index is 1240. The molecule has 1 aromatic heterocycles. The van der Waals surface area contributed by atoms with Crippen LogP contribution in [0.2, 0.25) is 0 Å². The minimum Gasteiger partial charge on any atom is -0.493 e. The maximum absolute atomic E-state index is 14.1. The SMILES string of the molecule is CCCC(C(=O)NC(C)(C)C)N(C(=O)Cn1nnc(-c2ccc(OC)c(OC)c2)n1)c1cccc(F)c1. The molecule has 11 heteroatoms. The van der Waals surface area contributed by atoms with Crippen molar-refractivity contribution in [1.29, 1.82) is 0 Å². The Morgan fingerprint density at radius 1 is 1.11 bits per heavy atom. The van der Waals surface area contributed by atoms with Gasteiger partial charge in [-0.3, -0.25) is 14.5 Å². The lowest BCUT2D eigenvalue weighted by Crippen LogP contribution is -2.54. The molecule has 1 heterocycles. The average Bonchev–Trinajstić information content (AvgIpc) is 3.30. The monoisotopic (exact) mass is 512 g/mol. The Labute approximate surface area is 215 Å². The second-order valence-corrected chi connectivity index (χ2v) is 9.50. The number of nitrogens with zero attached hydrogens (tertiary/aromatic N) is 5. The van der Waals surface area contributed by atoms with E-state index < -0.39 is 23.3 Å². The maximum atomic E-state index is 14.1. The van der Waals surface area contributed by atoms with Gasteiger partial charge < -0.3 is 14.8 Å². The number of benzene rings is 2. The highest BCUT2D eigenvalue weighted by Crippen LogP contribution is 2.30. The standard InChI is InChI=1S/C26H33FN6O4/c1-7-9-20(25(35)28-26(2,3)4)33(19-11-8-10-18(27)15-19)23(34)16-32-30-24(29-31-32)17-12-13-21(36-5)22(14-17)37-6/h8,10-15,20H,7,9,16H2,1-6H3,(H,28,35). The molecule has 0 saturated heterocycles. The van der Waals surface area contributed by atoms with Gasteiger partial charge in [-0.2, -0.15) is 4.80 Å². The predicted octanol–water partition coefficient (Wildman–Crippen LogP) is 3.61.